The zero-order valence-corrected chi connectivity index (χ0v) is 18.0. The van der Waals surface area contributed by atoms with Crippen molar-refractivity contribution in [3.63, 3.8) is 0 Å². The lowest BCUT2D eigenvalue weighted by molar-refractivity contribution is 0.0350. The van der Waals surface area contributed by atoms with Crippen LogP contribution < -0.4 is 4.90 Å². The number of nitrogens with zero attached hydrogens (tertiary/aromatic N) is 6. The molecular formula is C22H36N6. The third-order valence-corrected chi connectivity index (χ3v) is 6.79. The van der Waals surface area contributed by atoms with Gasteiger partial charge < -0.3 is 9.80 Å². The molecule has 0 amide bonds. The van der Waals surface area contributed by atoms with Gasteiger partial charge >= 0.3 is 0 Å². The van der Waals surface area contributed by atoms with Crippen molar-refractivity contribution in [3.8, 4) is 0 Å². The van der Waals surface area contributed by atoms with Crippen LogP contribution >= 0.6 is 0 Å². The van der Waals surface area contributed by atoms with Crippen LogP contribution in [-0.4, -0.2) is 76.8 Å². The molecule has 0 radical (unpaired) electrons. The Hall–Kier alpha value is -1.66. The number of aromatic nitrogens is 3. The number of rotatable bonds is 7. The van der Waals surface area contributed by atoms with Gasteiger partial charge in [0, 0.05) is 44.2 Å². The van der Waals surface area contributed by atoms with E-state index in [0.717, 1.165) is 43.1 Å². The van der Waals surface area contributed by atoms with E-state index in [-0.39, 0.29) is 0 Å². The molecule has 2 fully saturated rings. The third-order valence-electron chi connectivity index (χ3n) is 6.79. The summed E-state index contributed by atoms with van der Waals surface area (Å²) in [5.74, 6) is 1.41. The number of likely N-dealkylation sites (N-methyl/N-ethyl adjacent to an activating group) is 2. The molecule has 2 aliphatic rings. The standard InChI is InChI=1S/C22H36N6/c1-5-6-7-17(2)22-23-21-9-8-19(16-28(21)24-22)27-12-10-18(11-13-27)26(4)20-14-25(3)15-20/h8-9,16-18,20H,5-7,10-15H2,1-4H3. The van der Waals surface area contributed by atoms with Crippen LogP contribution in [0, 0.1) is 0 Å². The van der Waals surface area contributed by atoms with E-state index in [1.54, 1.807) is 0 Å². The molecule has 154 valence electrons. The molecule has 2 aliphatic heterocycles. The Labute approximate surface area is 169 Å². The van der Waals surface area contributed by atoms with Crippen molar-refractivity contribution in [2.75, 3.05) is 45.2 Å². The monoisotopic (exact) mass is 384 g/mol. The van der Waals surface area contributed by atoms with Crippen molar-refractivity contribution in [2.45, 2.75) is 64.0 Å². The zero-order valence-electron chi connectivity index (χ0n) is 18.0. The fourth-order valence-electron chi connectivity index (χ4n) is 4.68. The van der Waals surface area contributed by atoms with Gasteiger partial charge in [0.2, 0.25) is 0 Å². The van der Waals surface area contributed by atoms with Crippen LogP contribution in [-0.2, 0) is 0 Å². The summed E-state index contributed by atoms with van der Waals surface area (Å²) in [6, 6.07) is 5.81. The first-order valence-corrected chi connectivity index (χ1v) is 11.1. The normalized spacial score (nSPS) is 20.8. The largest absolute Gasteiger partial charge is 0.370 e. The van der Waals surface area contributed by atoms with Gasteiger partial charge in [-0.2, -0.15) is 5.10 Å². The lowest BCUT2D eigenvalue weighted by Gasteiger charge is -2.47. The molecule has 6 heteroatoms. The van der Waals surface area contributed by atoms with E-state index in [1.165, 1.54) is 44.5 Å². The van der Waals surface area contributed by atoms with Crippen molar-refractivity contribution in [2.24, 2.45) is 0 Å². The lowest BCUT2D eigenvalue weighted by atomic mass is 9.99. The molecule has 0 aromatic carbocycles. The maximum Gasteiger partial charge on any atom is 0.155 e. The molecule has 2 aromatic heterocycles. The van der Waals surface area contributed by atoms with Gasteiger partial charge in [-0.1, -0.05) is 26.7 Å². The molecule has 1 unspecified atom stereocenters. The Bertz CT molecular complexity index is 772. The summed E-state index contributed by atoms with van der Waals surface area (Å²) in [5.41, 5.74) is 2.24. The van der Waals surface area contributed by atoms with E-state index in [1.807, 2.05) is 4.52 Å². The Morgan fingerprint density at radius 3 is 2.61 bits per heavy atom. The Morgan fingerprint density at radius 2 is 1.93 bits per heavy atom. The molecule has 1 atom stereocenters. The van der Waals surface area contributed by atoms with Gasteiger partial charge in [0.25, 0.3) is 0 Å². The number of hydrogen-bond donors (Lipinski definition) is 0. The number of pyridine rings is 1. The van der Waals surface area contributed by atoms with Crippen LogP contribution in [0.3, 0.4) is 0 Å². The van der Waals surface area contributed by atoms with Crippen LogP contribution in [0.5, 0.6) is 0 Å². The minimum Gasteiger partial charge on any atom is -0.370 e. The molecule has 0 saturated carbocycles. The molecule has 28 heavy (non-hydrogen) atoms. The van der Waals surface area contributed by atoms with E-state index in [4.69, 9.17) is 10.1 Å². The molecule has 6 nitrogen and oxygen atoms in total. The molecule has 0 N–H and O–H groups in total. The highest BCUT2D eigenvalue weighted by molar-refractivity contribution is 5.51. The van der Waals surface area contributed by atoms with Gasteiger partial charge in [-0.25, -0.2) is 9.50 Å². The number of anilines is 1. The van der Waals surface area contributed by atoms with E-state index < -0.39 is 0 Å². The minimum atomic E-state index is 0.431. The van der Waals surface area contributed by atoms with Gasteiger partial charge in [0.15, 0.2) is 11.5 Å². The summed E-state index contributed by atoms with van der Waals surface area (Å²) in [5, 5.41) is 4.78. The molecule has 0 spiro atoms. The van der Waals surface area contributed by atoms with Gasteiger partial charge in [-0.15, -0.1) is 0 Å². The summed E-state index contributed by atoms with van der Waals surface area (Å²) in [6.45, 7) is 9.17. The van der Waals surface area contributed by atoms with Crippen molar-refractivity contribution in [1.82, 2.24) is 24.4 Å². The molecule has 0 aliphatic carbocycles. The predicted octanol–water partition coefficient (Wildman–Crippen LogP) is 3.24. The smallest absolute Gasteiger partial charge is 0.155 e. The first-order valence-electron chi connectivity index (χ1n) is 11.1. The van der Waals surface area contributed by atoms with Crippen LogP contribution in [0.25, 0.3) is 5.65 Å². The van der Waals surface area contributed by atoms with Crippen LogP contribution in [0.4, 0.5) is 5.69 Å². The van der Waals surface area contributed by atoms with Crippen molar-refractivity contribution >= 4 is 11.3 Å². The first-order chi connectivity index (χ1) is 13.5. The number of hydrogen-bond acceptors (Lipinski definition) is 5. The second-order valence-electron chi connectivity index (χ2n) is 8.96. The molecule has 2 saturated heterocycles. The number of piperidine rings is 1. The summed E-state index contributed by atoms with van der Waals surface area (Å²) < 4.78 is 1.98. The van der Waals surface area contributed by atoms with E-state index in [9.17, 15) is 0 Å². The number of fused-ring (bicyclic) bond motifs is 1. The molecule has 2 aromatic rings. The van der Waals surface area contributed by atoms with E-state index >= 15 is 0 Å². The summed E-state index contributed by atoms with van der Waals surface area (Å²) in [4.78, 5) is 12.3. The van der Waals surface area contributed by atoms with E-state index in [2.05, 4.69) is 61.0 Å². The van der Waals surface area contributed by atoms with Crippen LogP contribution in [0.2, 0.25) is 0 Å². The number of unbranched alkanes of at least 4 members (excludes halogenated alkanes) is 1. The third kappa shape index (κ3) is 4.03. The van der Waals surface area contributed by atoms with Crippen molar-refractivity contribution in [3.05, 3.63) is 24.2 Å². The first kappa shape index (κ1) is 19.6. The Kier molecular flexibility index (Phi) is 5.88. The summed E-state index contributed by atoms with van der Waals surface area (Å²) >= 11 is 0. The molecule has 4 rings (SSSR count). The van der Waals surface area contributed by atoms with Crippen molar-refractivity contribution in [1.29, 1.82) is 0 Å². The maximum absolute atomic E-state index is 4.78. The topological polar surface area (TPSA) is 39.9 Å². The molecular weight excluding hydrogens is 348 g/mol. The Morgan fingerprint density at radius 1 is 1.18 bits per heavy atom. The average molecular weight is 385 g/mol. The SMILES string of the molecule is CCCCC(C)c1nc2ccc(N3CCC(N(C)C4CN(C)C4)CC3)cn2n1. The quantitative estimate of drug-likeness (QED) is 0.733. The predicted molar refractivity (Wildman–Crippen MR) is 115 cm³/mol. The second kappa shape index (κ2) is 8.37. The second-order valence-corrected chi connectivity index (χ2v) is 8.96. The van der Waals surface area contributed by atoms with Crippen molar-refractivity contribution < 1.29 is 0 Å². The zero-order chi connectivity index (χ0) is 19.7. The molecule has 0 bridgehead atoms. The minimum absolute atomic E-state index is 0.431. The highest BCUT2D eigenvalue weighted by Gasteiger charge is 2.32. The lowest BCUT2D eigenvalue weighted by Crippen LogP contribution is -2.60. The maximum atomic E-state index is 4.78. The van der Waals surface area contributed by atoms with Gasteiger partial charge in [-0.05, 0) is 45.5 Å². The van der Waals surface area contributed by atoms with Gasteiger partial charge in [-0.3, -0.25) is 4.90 Å². The van der Waals surface area contributed by atoms with Gasteiger partial charge in [0.1, 0.15) is 0 Å². The van der Waals surface area contributed by atoms with E-state index in [0.29, 0.717) is 5.92 Å². The Balaban J connectivity index is 1.38. The highest BCUT2D eigenvalue weighted by atomic mass is 15.3. The summed E-state index contributed by atoms with van der Waals surface area (Å²) in [7, 11) is 4.53. The fourth-order valence-corrected chi connectivity index (χ4v) is 4.68. The van der Waals surface area contributed by atoms with Crippen LogP contribution in [0.1, 0.15) is 57.7 Å². The fraction of sp³-hybridized carbons (Fsp3) is 0.727. The summed E-state index contributed by atoms with van der Waals surface area (Å²) in [6.07, 6.45) is 8.28. The molecule has 4 heterocycles. The average Bonchev–Trinajstić information content (AvgIpc) is 3.12. The number of likely N-dealkylation sites (tertiary alicyclic amines) is 1. The van der Waals surface area contributed by atoms with Crippen LogP contribution in [0.15, 0.2) is 18.3 Å². The highest BCUT2D eigenvalue weighted by Crippen LogP contribution is 2.26. The van der Waals surface area contributed by atoms with Gasteiger partial charge in [0.05, 0.1) is 11.9 Å².